The Morgan fingerprint density at radius 1 is 0.950 bits per heavy atom. The van der Waals surface area contributed by atoms with Gasteiger partial charge in [-0.1, -0.05) is 45.8 Å². The van der Waals surface area contributed by atoms with E-state index in [1.54, 1.807) is 0 Å². The van der Waals surface area contributed by atoms with Gasteiger partial charge in [-0.2, -0.15) is 0 Å². The van der Waals surface area contributed by atoms with Crippen molar-refractivity contribution < 1.29 is 13.6 Å². The average Bonchev–Trinajstić information content (AvgIpc) is 2.43. The quantitative estimate of drug-likeness (QED) is 0.265. The van der Waals surface area contributed by atoms with Gasteiger partial charge < -0.3 is 13.6 Å². The van der Waals surface area contributed by atoms with Crippen molar-refractivity contribution >= 4 is 8.56 Å². The molecule has 0 rings (SSSR count). The molecule has 0 atom stereocenters. The van der Waals surface area contributed by atoms with E-state index in [9.17, 15) is 0 Å². The molecule has 0 fully saturated rings. The van der Waals surface area contributed by atoms with E-state index in [4.69, 9.17) is 13.6 Å². The Labute approximate surface area is 126 Å². The molecule has 0 aromatic rings. The Kier molecular flexibility index (Phi) is 12.5. The fourth-order valence-corrected chi connectivity index (χ4v) is 4.47. The predicted octanol–water partition coefficient (Wildman–Crippen LogP) is 4.67. The van der Waals surface area contributed by atoms with Crippen LogP contribution in [0.15, 0.2) is 12.2 Å². The van der Waals surface area contributed by atoms with Crippen LogP contribution in [-0.4, -0.2) is 35.0 Å². The molecule has 0 unspecified atom stereocenters. The van der Waals surface area contributed by atoms with Gasteiger partial charge in [0.25, 0.3) is 0 Å². The lowest BCUT2D eigenvalue weighted by atomic mass is 10.4. The zero-order valence-corrected chi connectivity index (χ0v) is 15.0. The van der Waals surface area contributed by atoms with Crippen LogP contribution in [0.3, 0.4) is 0 Å². The number of unbranched alkanes of at least 4 members (excludes halogenated alkanes) is 2. The molecule has 3 nitrogen and oxygen atoms in total. The van der Waals surface area contributed by atoms with Crippen LogP contribution in [0.25, 0.3) is 0 Å². The minimum Gasteiger partial charge on any atom is -0.394 e. The lowest BCUT2D eigenvalue weighted by Crippen LogP contribution is -2.43. The first-order chi connectivity index (χ1) is 9.60. The van der Waals surface area contributed by atoms with Crippen LogP contribution in [0.2, 0.25) is 12.1 Å². The predicted molar refractivity (Wildman–Crippen MR) is 88.4 cm³/mol. The van der Waals surface area contributed by atoms with Crippen LogP contribution in [-0.2, 0) is 13.6 Å². The molecule has 0 spiro atoms. The summed E-state index contributed by atoms with van der Waals surface area (Å²) in [4.78, 5) is 0. The molecule has 0 saturated heterocycles. The Morgan fingerprint density at radius 3 is 1.90 bits per heavy atom. The number of ether oxygens (including phenoxy) is 1. The molecule has 0 radical (unpaired) electrons. The van der Waals surface area contributed by atoms with Crippen LogP contribution in [0, 0.1) is 0 Å². The van der Waals surface area contributed by atoms with Crippen molar-refractivity contribution in [3.8, 4) is 0 Å². The molecule has 0 N–H and O–H groups in total. The van der Waals surface area contributed by atoms with Gasteiger partial charge in [0, 0.05) is 25.9 Å². The molecule has 20 heavy (non-hydrogen) atoms. The van der Waals surface area contributed by atoms with Crippen LogP contribution in [0.4, 0.5) is 0 Å². The van der Waals surface area contributed by atoms with Gasteiger partial charge in [-0.25, -0.2) is 0 Å². The van der Waals surface area contributed by atoms with Gasteiger partial charge in [-0.3, -0.25) is 0 Å². The second kappa shape index (κ2) is 12.6. The summed E-state index contributed by atoms with van der Waals surface area (Å²) in [6.07, 6.45) is 4.54. The highest BCUT2D eigenvalue weighted by Crippen LogP contribution is 2.20. The first-order valence-corrected chi connectivity index (χ1v) is 10.3. The Bertz CT molecular complexity index is 234. The van der Waals surface area contributed by atoms with Crippen molar-refractivity contribution in [2.45, 2.75) is 65.5 Å². The molecule has 0 aliphatic carbocycles. The smallest absolute Gasteiger partial charge is 0.340 e. The highest BCUT2D eigenvalue weighted by Gasteiger charge is 2.35. The van der Waals surface area contributed by atoms with Gasteiger partial charge in [-0.15, -0.1) is 0 Å². The normalized spacial score (nSPS) is 11.8. The maximum absolute atomic E-state index is 6.19. The number of hydrogen-bond acceptors (Lipinski definition) is 3. The summed E-state index contributed by atoms with van der Waals surface area (Å²) in [5.74, 6) is 0. The van der Waals surface area contributed by atoms with Gasteiger partial charge >= 0.3 is 8.56 Å². The van der Waals surface area contributed by atoms with E-state index in [0.717, 1.165) is 56.6 Å². The maximum Gasteiger partial charge on any atom is 0.340 e. The fraction of sp³-hybridized carbons (Fsp3) is 0.875. The number of hydrogen-bond donors (Lipinski definition) is 0. The van der Waals surface area contributed by atoms with E-state index in [1.165, 1.54) is 0 Å². The third-order valence-corrected chi connectivity index (χ3v) is 6.74. The van der Waals surface area contributed by atoms with E-state index < -0.39 is 8.56 Å². The maximum atomic E-state index is 6.19. The van der Waals surface area contributed by atoms with Crippen molar-refractivity contribution in [3.63, 3.8) is 0 Å². The molecule has 0 saturated carbocycles. The third kappa shape index (κ3) is 9.70. The SMILES string of the molecule is C=C(C)COCC[Si](CC)(OCCCC)OCCCC. The highest BCUT2D eigenvalue weighted by molar-refractivity contribution is 6.67. The molecule has 0 aromatic heterocycles. The van der Waals surface area contributed by atoms with Crippen molar-refractivity contribution in [3.05, 3.63) is 12.2 Å². The zero-order valence-electron chi connectivity index (χ0n) is 14.0. The summed E-state index contributed by atoms with van der Waals surface area (Å²) in [5.41, 5.74) is 1.06. The van der Waals surface area contributed by atoms with Gasteiger partial charge in [0.15, 0.2) is 0 Å². The van der Waals surface area contributed by atoms with Crippen LogP contribution >= 0.6 is 0 Å². The monoisotopic (exact) mass is 302 g/mol. The van der Waals surface area contributed by atoms with Gasteiger partial charge in [-0.05, 0) is 25.8 Å². The second-order valence-electron chi connectivity index (χ2n) is 5.43. The standard InChI is InChI=1S/C16H34O3Si/c1-6-9-11-18-20(8-3,19-12-10-7-2)14-13-17-15-16(4)5/h4,6-15H2,1-3,5H3. The highest BCUT2D eigenvalue weighted by atomic mass is 28.4. The third-order valence-electron chi connectivity index (χ3n) is 3.24. The average molecular weight is 303 g/mol. The summed E-state index contributed by atoms with van der Waals surface area (Å²) >= 11 is 0. The van der Waals surface area contributed by atoms with Gasteiger partial charge in [0.2, 0.25) is 0 Å². The molecule has 0 heterocycles. The molecular weight excluding hydrogens is 268 g/mol. The molecular formula is C16H34O3Si. The topological polar surface area (TPSA) is 27.7 Å². The van der Waals surface area contributed by atoms with Gasteiger partial charge in [0.05, 0.1) is 6.61 Å². The van der Waals surface area contributed by atoms with Crippen molar-refractivity contribution in [1.82, 2.24) is 0 Å². The minimum absolute atomic E-state index is 0.637. The summed E-state index contributed by atoms with van der Waals surface area (Å²) in [5, 5.41) is 0. The summed E-state index contributed by atoms with van der Waals surface area (Å²) in [6, 6.07) is 1.92. The number of rotatable bonds is 14. The first kappa shape index (κ1) is 19.8. The second-order valence-corrected chi connectivity index (χ2v) is 9.03. The van der Waals surface area contributed by atoms with E-state index in [2.05, 4.69) is 27.4 Å². The molecule has 120 valence electrons. The fourth-order valence-electron chi connectivity index (χ4n) is 1.85. The Hall–Kier alpha value is -0.163. The van der Waals surface area contributed by atoms with Crippen molar-refractivity contribution in [2.24, 2.45) is 0 Å². The van der Waals surface area contributed by atoms with E-state index in [0.29, 0.717) is 13.2 Å². The van der Waals surface area contributed by atoms with Crippen molar-refractivity contribution in [2.75, 3.05) is 26.4 Å². The lowest BCUT2D eigenvalue weighted by Gasteiger charge is -2.30. The largest absolute Gasteiger partial charge is 0.394 e. The minimum atomic E-state index is -2.07. The summed E-state index contributed by atoms with van der Waals surface area (Å²) in [6.45, 7) is 15.4. The van der Waals surface area contributed by atoms with Crippen LogP contribution < -0.4 is 0 Å². The molecule has 0 aliphatic heterocycles. The Morgan fingerprint density at radius 2 is 1.50 bits per heavy atom. The van der Waals surface area contributed by atoms with E-state index >= 15 is 0 Å². The van der Waals surface area contributed by atoms with Gasteiger partial charge in [0.1, 0.15) is 0 Å². The molecule has 0 aliphatic rings. The van der Waals surface area contributed by atoms with Crippen LogP contribution in [0.1, 0.15) is 53.4 Å². The molecule has 0 aromatic carbocycles. The molecule has 0 amide bonds. The Balaban J connectivity index is 4.27. The summed E-state index contributed by atoms with van der Waals surface area (Å²) in [7, 11) is -2.07. The first-order valence-electron chi connectivity index (χ1n) is 8.10. The van der Waals surface area contributed by atoms with E-state index in [1.807, 2.05) is 6.92 Å². The molecule has 0 bridgehead atoms. The zero-order chi connectivity index (χ0) is 15.3. The molecule has 4 heteroatoms. The lowest BCUT2D eigenvalue weighted by molar-refractivity contribution is 0.132. The summed E-state index contributed by atoms with van der Waals surface area (Å²) < 4.78 is 18.0. The van der Waals surface area contributed by atoms with Crippen LogP contribution in [0.5, 0.6) is 0 Å². The van der Waals surface area contributed by atoms with Crippen molar-refractivity contribution in [1.29, 1.82) is 0 Å². The van der Waals surface area contributed by atoms with E-state index in [-0.39, 0.29) is 0 Å².